The van der Waals surface area contributed by atoms with Crippen LogP contribution in [0.25, 0.3) is 0 Å². The topological polar surface area (TPSA) is 26.0 Å². The molecule has 0 atom stereocenters. The molecule has 0 radical (unpaired) electrons. The highest BCUT2D eigenvalue weighted by Gasteiger charge is 2.33. The molecule has 0 aromatic heterocycles. The van der Waals surface area contributed by atoms with Gasteiger partial charge in [0.05, 0.1) is 0 Å². The average molecular weight is 221 g/mol. The average Bonchev–Trinajstić information content (AvgIpc) is 2.66. The fourth-order valence-electron chi connectivity index (χ4n) is 2.56. The molecule has 0 spiro atoms. The molecule has 16 heavy (non-hydrogen) atoms. The molecule has 2 N–H and O–H groups in total. The monoisotopic (exact) mass is 221 g/mol. The Bertz CT molecular complexity index is 378. The van der Waals surface area contributed by atoms with Gasteiger partial charge in [-0.3, -0.25) is 0 Å². The van der Waals surface area contributed by atoms with Crippen molar-refractivity contribution in [2.24, 2.45) is 5.73 Å². The zero-order valence-electron chi connectivity index (χ0n) is 10.1. The third-order valence-corrected chi connectivity index (χ3v) is 3.69. The van der Waals surface area contributed by atoms with Gasteiger partial charge in [0.25, 0.3) is 0 Å². The van der Waals surface area contributed by atoms with E-state index in [-0.39, 0.29) is 5.82 Å². The first-order valence-electron chi connectivity index (χ1n) is 6.12. The minimum absolute atomic E-state index is 0.145. The molecule has 0 amide bonds. The van der Waals surface area contributed by atoms with Gasteiger partial charge >= 0.3 is 0 Å². The van der Waals surface area contributed by atoms with E-state index >= 15 is 0 Å². The summed E-state index contributed by atoms with van der Waals surface area (Å²) in [5.41, 5.74) is 7.78. The largest absolute Gasteiger partial charge is 0.321 e. The van der Waals surface area contributed by atoms with Crippen molar-refractivity contribution in [3.63, 3.8) is 0 Å². The summed E-state index contributed by atoms with van der Waals surface area (Å²) in [5.74, 6) is 0.276. The Balaban J connectivity index is 2.42. The van der Waals surface area contributed by atoms with E-state index in [0.29, 0.717) is 5.92 Å². The first kappa shape index (κ1) is 11.6. The predicted octanol–water partition coefficient (Wildman–Crippen LogP) is 3.68. The molecule has 1 saturated carbocycles. The second kappa shape index (κ2) is 4.17. The molecule has 1 aliphatic rings. The van der Waals surface area contributed by atoms with Gasteiger partial charge < -0.3 is 5.73 Å². The summed E-state index contributed by atoms with van der Waals surface area (Å²) in [7, 11) is 0. The van der Waals surface area contributed by atoms with E-state index in [4.69, 9.17) is 5.73 Å². The molecule has 0 unspecified atom stereocenters. The highest BCUT2D eigenvalue weighted by molar-refractivity contribution is 5.33. The molecule has 0 aliphatic heterocycles. The Labute approximate surface area is 96.9 Å². The quantitative estimate of drug-likeness (QED) is 0.810. The number of rotatable bonds is 2. The molecule has 1 aliphatic carbocycles. The Morgan fingerprint density at radius 2 is 1.88 bits per heavy atom. The van der Waals surface area contributed by atoms with Crippen molar-refractivity contribution in [3.8, 4) is 0 Å². The lowest BCUT2D eigenvalue weighted by molar-refractivity contribution is 0.432. The van der Waals surface area contributed by atoms with Crippen LogP contribution < -0.4 is 5.73 Å². The van der Waals surface area contributed by atoms with Crippen molar-refractivity contribution >= 4 is 0 Å². The van der Waals surface area contributed by atoms with E-state index in [0.717, 1.165) is 31.2 Å². The van der Waals surface area contributed by atoms with Gasteiger partial charge in [0.1, 0.15) is 5.82 Å². The van der Waals surface area contributed by atoms with Gasteiger partial charge in [0, 0.05) is 11.1 Å². The van der Waals surface area contributed by atoms with Crippen molar-refractivity contribution in [3.05, 3.63) is 35.1 Å². The van der Waals surface area contributed by atoms with Crippen molar-refractivity contribution < 1.29 is 4.39 Å². The third-order valence-electron chi connectivity index (χ3n) is 3.69. The molecule has 2 rings (SSSR count). The van der Waals surface area contributed by atoms with Crippen LogP contribution in [0.2, 0.25) is 0 Å². The minimum Gasteiger partial charge on any atom is -0.321 e. The van der Waals surface area contributed by atoms with E-state index in [1.165, 1.54) is 5.56 Å². The van der Waals surface area contributed by atoms with Crippen LogP contribution in [0.3, 0.4) is 0 Å². The summed E-state index contributed by atoms with van der Waals surface area (Å²) in [6.45, 7) is 4.24. The summed E-state index contributed by atoms with van der Waals surface area (Å²) in [6.07, 6.45) is 4.04. The van der Waals surface area contributed by atoms with Crippen molar-refractivity contribution in [2.45, 2.75) is 51.0 Å². The maximum absolute atomic E-state index is 13.9. The SMILES string of the molecule is CC(C)c1ccc(F)c(C2(N)CCCC2)c1. The maximum Gasteiger partial charge on any atom is 0.128 e. The summed E-state index contributed by atoms with van der Waals surface area (Å²) < 4.78 is 13.9. The molecule has 2 heteroatoms. The molecule has 1 fully saturated rings. The molecule has 88 valence electrons. The van der Waals surface area contributed by atoms with Gasteiger partial charge in [-0.15, -0.1) is 0 Å². The van der Waals surface area contributed by atoms with Crippen LogP contribution in [0.15, 0.2) is 18.2 Å². The highest BCUT2D eigenvalue weighted by Crippen LogP contribution is 2.38. The molecule has 0 bridgehead atoms. The lowest BCUT2D eigenvalue weighted by atomic mass is 9.86. The highest BCUT2D eigenvalue weighted by atomic mass is 19.1. The third kappa shape index (κ3) is 1.99. The smallest absolute Gasteiger partial charge is 0.128 e. The van der Waals surface area contributed by atoms with E-state index in [9.17, 15) is 4.39 Å². The second-order valence-corrected chi connectivity index (χ2v) is 5.26. The van der Waals surface area contributed by atoms with Crippen LogP contribution in [0.4, 0.5) is 4.39 Å². The fourth-order valence-corrected chi connectivity index (χ4v) is 2.56. The van der Waals surface area contributed by atoms with E-state index in [2.05, 4.69) is 13.8 Å². The number of hydrogen-bond acceptors (Lipinski definition) is 1. The van der Waals surface area contributed by atoms with Gasteiger partial charge in [0.2, 0.25) is 0 Å². The fraction of sp³-hybridized carbons (Fsp3) is 0.571. The summed E-state index contributed by atoms with van der Waals surface area (Å²) in [6, 6.07) is 5.39. The zero-order valence-corrected chi connectivity index (χ0v) is 10.1. The Morgan fingerprint density at radius 3 is 2.44 bits per heavy atom. The van der Waals surface area contributed by atoms with Gasteiger partial charge in [-0.1, -0.05) is 38.8 Å². The lowest BCUT2D eigenvalue weighted by Crippen LogP contribution is -2.34. The van der Waals surface area contributed by atoms with Crippen molar-refractivity contribution in [2.75, 3.05) is 0 Å². The second-order valence-electron chi connectivity index (χ2n) is 5.26. The molecule has 0 heterocycles. The Morgan fingerprint density at radius 1 is 1.25 bits per heavy atom. The lowest BCUT2D eigenvalue weighted by Gasteiger charge is -2.25. The van der Waals surface area contributed by atoms with Crippen LogP contribution in [-0.4, -0.2) is 0 Å². The van der Waals surface area contributed by atoms with Crippen LogP contribution in [-0.2, 0) is 5.54 Å². The maximum atomic E-state index is 13.9. The molecule has 1 nitrogen and oxygen atoms in total. The van der Waals surface area contributed by atoms with E-state index in [1.807, 2.05) is 12.1 Å². The van der Waals surface area contributed by atoms with E-state index in [1.54, 1.807) is 6.07 Å². The predicted molar refractivity (Wildman–Crippen MR) is 64.8 cm³/mol. The Kier molecular flexibility index (Phi) is 3.02. The van der Waals surface area contributed by atoms with Crippen molar-refractivity contribution in [1.29, 1.82) is 0 Å². The molecular weight excluding hydrogens is 201 g/mol. The standard InChI is InChI=1S/C14H20FN/c1-10(2)11-5-6-13(15)12(9-11)14(16)7-3-4-8-14/h5-6,9-10H,3-4,7-8,16H2,1-2H3. The van der Waals surface area contributed by atoms with Gasteiger partial charge in [-0.25, -0.2) is 4.39 Å². The van der Waals surface area contributed by atoms with Crippen LogP contribution >= 0.6 is 0 Å². The zero-order chi connectivity index (χ0) is 11.8. The summed E-state index contributed by atoms with van der Waals surface area (Å²) in [4.78, 5) is 0. The first-order chi connectivity index (χ1) is 7.53. The normalized spacial score (nSPS) is 19.3. The molecular formula is C14H20FN. The van der Waals surface area contributed by atoms with Gasteiger partial charge in [0.15, 0.2) is 0 Å². The Hall–Kier alpha value is -0.890. The summed E-state index contributed by atoms with van der Waals surface area (Å²) >= 11 is 0. The number of benzene rings is 1. The molecule has 1 aromatic carbocycles. The van der Waals surface area contributed by atoms with Gasteiger partial charge in [-0.05, 0) is 30.4 Å². The number of halogens is 1. The van der Waals surface area contributed by atoms with E-state index < -0.39 is 5.54 Å². The molecule has 1 aromatic rings. The summed E-state index contributed by atoms with van der Waals surface area (Å²) in [5, 5.41) is 0. The molecule has 0 saturated heterocycles. The van der Waals surface area contributed by atoms with Crippen LogP contribution in [0, 0.1) is 5.82 Å². The van der Waals surface area contributed by atoms with Gasteiger partial charge in [-0.2, -0.15) is 0 Å². The number of nitrogens with two attached hydrogens (primary N) is 1. The van der Waals surface area contributed by atoms with Crippen LogP contribution in [0.5, 0.6) is 0 Å². The number of hydrogen-bond donors (Lipinski definition) is 1. The minimum atomic E-state index is -0.422. The first-order valence-corrected chi connectivity index (χ1v) is 6.12. The van der Waals surface area contributed by atoms with Crippen LogP contribution in [0.1, 0.15) is 56.6 Å². The van der Waals surface area contributed by atoms with Crippen molar-refractivity contribution in [1.82, 2.24) is 0 Å².